The Morgan fingerprint density at radius 3 is 1.75 bits per heavy atom. The molecule has 0 saturated heterocycles. The molecule has 0 radical (unpaired) electrons. The van der Waals surface area contributed by atoms with Crippen LogP contribution in [0.5, 0.6) is 0 Å². The van der Waals surface area contributed by atoms with Crippen molar-refractivity contribution in [2.75, 3.05) is 12.0 Å². The van der Waals surface area contributed by atoms with E-state index in [0.717, 1.165) is 44.3 Å². The number of amides is 1. The van der Waals surface area contributed by atoms with E-state index in [1.807, 2.05) is 6.26 Å². The second-order valence-corrected chi connectivity index (χ2v) is 9.42. The van der Waals surface area contributed by atoms with Gasteiger partial charge in [0.05, 0.1) is 0 Å². The number of unbranched alkanes of at least 4 members (excludes halogenated alkanes) is 12. The molecule has 32 heavy (non-hydrogen) atoms. The molecule has 0 bridgehead atoms. The Morgan fingerprint density at radius 2 is 1.25 bits per heavy atom. The standard InChI is InChI=1S/C25H47NO4S.Na.H/c1-4-6-8-10-12-14-16-18-23(27)26-22(20-21-31-3)25(29)30-24(28)19-17-15-13-11-9-7-5-2;;/h22H,4-21H2,1-3H3,(H,26,27);;/q;+1;-1/t22-;;/m0../s1. The van der Waals surface area contributed by atoms with Crippen LogP contribution in [0, 0.1) is 0 Å². The molecule has 0 aromatic heterocycles. The van der Waals surface area contributed by atoms with Crippen LogP contribution in [0.3, 0.4) is 0 Å². The van der Waals surface area contributed by atoms with Crippen LogP contribution < -0.4 is 34.9 Å². The summed E-state index contributed by atoms with van der Waals surface area (Å²) in [6.07, 6.45) is 18.9. The fourth-order valence-corrected chi connectivity index (χ4v) is 3.93. The first kappa shape index (κ1) is 34.1. The minimum absolute atomic E-state index is 0. The van der Waals surface area contributed by atoms with E-state index in [1.165, 1.54) is 51.4 Å². The van der Waals surface area contributed by atoms with Crippen molar-refractivity contribution in [3.63, 3.8) is 0 Å². The van der Waals surface area contributed by atoms with Crippen LogP contribution in [-0.4, -0.2) is 35.9 Å². The fourth-order valence-electron chi connectivity index (χ4n) is 3.45. The first-order chi connectivity index (χ1) is 15.0. The minimum atomic E-state index is -0.734. The summed E-state index contributed by atoms with van der Waals surface area (Å²) in [6.45, 7) is 4.39. The van der Waals surface area contributed by atoms with Gasteiger partial charge in [-0.3, -0.25) is 9.59 Å². The quantitative estimate of drug-likeness (QED) is 0.117. The van der Waals surface area contributed by atoms with E-state index in [-0.39, 0.29) is 43.3 Å². The number of ether oxygens (including phenoxy) is 1. The summed E-state index contributed by atoms with van der Waals surface area (Å²) in [7, 11) is 0. The van der Waals surface area contributed by atoms with Crippen LogP contribution in [0.1, 0.15) is 124 Å². The summed E-state index contributed by atoms with van der Waals surface area (Å²) in [4.78, 5) is 36.7. The van der Waals surface area contributed by atoms with E-state index in [0.29, 0.717) is 12.8 Å². The van der Waals surface area contributed by atoms with E-state index in [2.05, 4.69) is 19.2 Å². The Morgan fingerprint density at radius 1 is 0.781 bits per heavy atom. The molecule has 0 fully saturated rings. The molecule has 1 N–H and O–H groups in total. The number of hydrogen-bond donors (Lipinski definition) is 1. The monoisotopic (exact) mass is 481 g/mol. The van der Waals surface area contributed by atoms with Crippen molar-refractivity contribution in [3.05, 3.63) is 0 Å². The van der Waals surface area contributed by atoms with Crippen LogP contribution in [0.2, 0.25) is 0 Å². The number of esters is 2. The fraction of sp³-hybridized carbons (Fsp3) is 0.880. The zero-order valence-corrected chi connectivity index (χ0v) is 24.2. The molecule has 184 valence electrons. The molecule has 0 aliphatic heterocycles. The zero-order valence-electron chi connectivity index (χ0n) is 22.3. The average Bonchev–Trinajstić information content (AvgIpc) is 2.75. The minimum Gasteiger partial charge on any atom is -1.00 e. The third kappa shape index (κ3) is 21.8. The van der Waals surface area contributed by atoms with E-state index in [9.17, 15) is 14.4 Å². The first-order valence-electron chi connectivity index (χ1n) is 12.6. The maximum Gasteiger partial charge on any atom is 1.00 e. The van der Waals surface area contributed by atoms with Gasteiger partial charge in [0.2, 0.25) is 5.91 Å². The molecule has 0 aliphatic carbocycles. The van der Waals surface area contributed by atoms with Gasteiger partial charge in [-0.2, -0.15) is 11.8 Å². The molecule has 0 unspecified atom stereocenters. The maximum absolute atomic E-state index is 12.4. The summed E-state index contributed by atoms with van der Waals surface area (Å²) < 4.78 is 5.03. The number of carbonyl (C=O) groups excluding carboxylic acids is 3. The predicted molar refractivity (Wildman–Crippen MR) is 132 cm³/mol. The van der Waals surface area contributed by atoms with Crippen LogP contribution >= 0.6 is 11.8 Å². The van der Waals surface area contributed by atoms with Gasteiger partial charge in [-0.15, -0.1) is 0 Å². The second-order valence-electron chi connectivity index (χ2n) is 8.44. The van der Waals surface area contributed by atoms with Gasteiger partial charge in [0.15, 0.2) is 0 Å². The predicted octanol–water partition coefficient (Wildman–Crippen LogP) is 3.69. The number of hydrogen-bond acceptors (Lipinski definition) is 5. The van der Waals surface area contributed by atoms with Gasteiger partial charge in [0.1, 0.15) is 6.04 Å². The molecule has 5 nitrogen and oxygen atoms in total. The summed E-state index contributed by atoms with van der Waals surface area (Å²) in [6, 6.07) is -0.734. The third-order valence-corrected chi connectivity index (χ3v) is 6.08. The molecule has 1 amide bonds. The Kier molecular flexibility index (Phi) is 27.3. The van der Waals surface area contributed by atoms with Crippen molar-refractivity contribution in [2.24, 2.45) is 0 Å². The molecule has 0 saturated carbocycles. The SMILES string of the molecule is CCCCCCCCCC(=O)N[C@@H](CCSC)C(=O)OC(=O)CCCCCCCCC.[H-].[Na+]. The largest absolute Gasteiger partial charge is 1.00 e. The van der Waals surface area contributed by atoms with Crippen molar-refractivity contribution in [3.8, 4) is 0 Å². The number of thioether (sulfide) groups is 1. The molecule has 0 aromatic rings. The van der Waals surface area contributed by atoms with Gasteiger partial charge >= 0.3 is 41.5 Å². The number of nitrogens with one attached hydrogen (secondary N) is 1. The topological polar surface area (TPSA) is 72.5 Å². The summed E-state index contributed by atoms with van der Waals surface area (Å²) in [5.74, 6) is -0.497. The van der Waals surface area contributed by atoms with Crippen LogP contribution in [0.15, 0.2) is 0 Å². The van der Waals surface area contributed by atoms with Crippen molar-refractivity contribution in [1.82, 2.24) is 5.32 Å². The zero-order chi connectivity index (χ0) is 23.2. The van der Waals surface area contributed by atoms with E-state index >= 15 is 0 Å². The maximum atomic E-state index is 12.4. The second kappa shape index (κ2) is 25.6. The Labute approximate surface area is 225 Å². The molecule has 0 rings (SSSR count). The Balaban J connectivity index is -0.00000450. The van der Waals surface area contributed by atoms with Gasteiger partial charge in [-0.05, 0) is 31.3 Å². The van der Waals surface area contributed by atoms with Crippen molar-refractivity contribution < 1.29 is 50.1 Å². The summed E-state index contributed by atoms with van der Waals surface area (Å²) >= 11 is 1.61. The summed E-state index contributed by atoms with van der Waals surface area (Å²) in [5, 5.41) is 2.79. The number of rotatable bonds is 21. The van der Waals surface area contributed by atoms with E-state index < -0.39 is 18.0 Å². The molecule has 0 heterocycles. The van der Waals surface area contributed by atoms with Crippen molar-refractivity contribution in [2.45, 2.75) is 129 Å². The van der Waals surface area contributed by atoms with Crippen LogP contribution in [0.4, 0.5) is 0 Å². The Hall–Kier alpha value is -0.0400. The van der Waals surface area contributed by atoms with E-state index in [1.54, 1.807) is 11.8 Å². The molecular formula is C25H48NNaO4S. The smallest absolute Gasteiger partial charge is 1.00 e. The van der Waals surface area contributed by atoms with Gasteiger partial charge in [0.25, 0.3) is 0 Å². The Bertz CT molecular complexity index is 483. The number of carbonyl (C=O) groups is 3. The summed E-state index contributed by atoms with van der Waals surface area (Å²) in [5.41, 5.74) is 0. The van der Waals surface area contributed by atoms with Crippen molar-refractivity contribution >= 4 is 29.6 Å². The van der Waals surface area contributed by atoms with Gasteiger partial charge < -0.3 is 11.5 Å². The third-order valence-electron chi connectivity index (χ3n) is 5.44. The van der Waals surface area contributed by atoms with Crippen LogP contribution in [0.25, 0.3) is 0 Å². The normalized spacial score (nSPS) is 11.5. The van der Waals surface area contributed by atoms with Crippen LogP contribution in [-0.2, 0) is 19.1 Å². The molecule has 0 spiro atoms. The molecule has 7 heteroatoms. The van der Waals surface area contributed by atoms with E-state index in [4.69, 9.17) is 4.74 Å². The van der Waals surface area contributed by atoms with Crippen molar-refractivity contribution in [1.29, 1.82) is 0 Å². The average molecular weight is 482 g/mol. The molecule has 1 atom stereocenters. The first-order valence-corrected chi connectivity index (χ1v) is 14.0. The molecule has 0 aliphatic rings. The molecule has 0 aromatic carbocycles. The van der Waals surface area contributed by atoms with Gasteiger partial charge in [-0.1, -0.05) is 90.9 Å². The van der Waals surface area contributed by atoms with Gasteiger partial charge in [-0.25, -0.2) is 4.79 Å². The van der Waals surface area contributed by atoms with Gasteiger partial charge in [0, 0.05) is 12.8 Å². The molecular weight excluding hydrogens is 433 g/mol.